The molecule has 1 aliphatic rings. The topological polar surface area (TPSA) is 72.9 Å². The van der Waals surface area contributed by atoms with Crippen molar-refractivity contribution in [2.45, 2.75) is 13.5 Å². The van der Waals surface area contributed by atoms with E-state index in [0.29, 0.717) is 17.1 Å². The summed E-state index contributed by atoms with van der Waals surface area (Å²) < 4.78 is 10.1. The molecule has 0 bridgehead atoms. The van der Waals surface area contributed by atoms with Gasteiger partial charge < -0.3 is 9.47 Å². The van der Waals surface area contributed by atoms with Crippen molar-refractivity contribution in [1.29, 1.82) is 0 Å². The van der Waals surface area contributed by atoms with Crippen LogP contribution in [0.1, 0.15) is 28.4 Å². The van der Waals surface area contributed by atoms with Crippen molar-refractivity contribution in [3.63, 3.8) is 0 Å². The largest absolute Gasteiger partial charge is 0.497 e. The highest BCUT2D eigenvalue weighted by Crippen LogP contribution is 2.33. The number of ether oxygens (including phenoxy) is 2. The van der Waals surface area contributed by atoms with Crippen LogP contribution >= 0.6 is 11.8 Å². The van der Waals surface area contributed by atoms with Crippen LogP contribution in [0.3, 0.4) is 0 Å². The summed E-state index contributed by atoms with van der Waals surface area (Å²) in [5.41, 5.74) is 1.99. The molecule has 3 rings (SSSR count). The van der Waals surface area contributed by atoms with Gasteiger partial charge in [0.05, 0.1) is 30.7 Å². The van der Waals surface area contributed by atoms with Gasteiger partial charge >= 0.3 is 5.97 Å². The van der Waals surface area contributed by atoms with Crippen molar-refractivity contribution in [2.24, 2.45) is 0 Å². The summed E-state index contributed by atoms with van der Waals surface area (Å²) in [5.74, 6) is -0.0144. The molecule has 0 aliphatic carbocycles. The highest BCUT2D eigenvalue weighted by atomic mass is 32.2. The van der Waals surface area contributed by atoms with E-state index in [4.69, 9.17) is 9.47 Å². The van der Waals surface area contributed by atoms with Gasteiger partial charge in [0.15, 0.2) is 0 Å². The molecule has 0 saturated carbocycles. The maximum Gasteiger partial charge on any atom is 0.338 e. The normalized spacial score (nSPS) is 15.2. The maximum absolute atomic E-state index is 12.6. The Labute approximate surface area is 167 Å². The molecule has 144 valence electrons. The number of carbonyl (C=O) groups excluding carboxylic acids is 3. The van der Waals surface area contributed by atoms with Crippen molar-refractivity contribution in [3.8, 4) is 5.75 Å². The number of benzene rings is 2. The molecule has 1 heterocycles. The number of nitrogens with zero attached hydrogens (tertiary/aromatic N) is 1. The molecule has 1 fully saturated rings. The molecule has 6 nitrogen and oxygen atoms in total. The molecule has 7 heteroatoms. The Morgan fingerprint density at radius 3 is 2.36 bits per heavy atom. The fourth-order valence-electron chi connectivity index (χ4n) is 2.63. The van der Waals surface area contributed by atoms with Gasteiger partial charge in [-0.15, -0.1) is 0 Å². The van der Waals surface area contributed by atoms with Crippen molar-refractivity contribution in [3.05, 3.63) is 70.1 Å². The third-order valence-corrected chi connectivity index (χ3v) is 5.00. The minimum atomic E-state index is -0.400. The molecule has 0 N–H and O–H groups in total. The minimum Gasteiger partial charge on any atom is -0.497 e. The first-order chi connectivity index (χ1) is 13.5. The van der Waals surface area contributed by atoms with E-state index >= 15 is 0 Å². The van der Waals surface area contributed by atoms with Gasteiger partial charge in [0.1, 0.15) is 5.75 Å². The van der Waals surface area contributed by atoms with Gasteiger partial charge in [0.2, 0.25) is 0 Å². The number of hydrogen-bond acceptors (Lipinski definition) is 6. The Kier molecular flexibility index (Phi) is 6.16. The SMILES string of the molecule is CCOC(=O)c1ccc(CN2C(=O)S/C(=C/c3ccc(OC)cc3)C2=O)cc1. The fraction of sp³-hybridized carbons (Fsp3) is 0.190. The van der Waals surface area contributed by atoms with E-state index in [9.17, 15) is 14.4 Å². The molecule has 0 aromatic heterocycles. The third-order valence-electron chi connectivity index (χ3n) is 4.09. The van der Waals surface area contributed by atoms with E-state index in [2.05, 4.69) is 0 Å². The van der Waals surface area contributed by atoms with Crippen LogP contribution in [0.5, 0.6) is 5.75 Å². The van der Waals surface area contributed by atoms with Gasteiger partial charge in [0, 0.05) is 0 Å². The smallest absolute Gasteiger partial charge is 0.338 e. The third kappa shape index (κ3) is 4.43. The minimum absolute atomic E-state index is 0.147. The Hall–Kier alpha value is -3.06. The molecule has 2 aromatic rings. The Morgan fingerprint density at radius 2 is 1.75 bits per heavy atom. The van der Waals surface area contributed by atoms with Crippen LogP contribution in [0.2, 0.25) is 0 Å². The summed E-state index contributed by atoms with van der Waals surface area (Å²) in [6.07, 6.45) is 1.69. The van der Waals surface area contributed by atoms with E-state index in [1.807, 2.05) is 12.1 Å². The first-order valence-corrected chi connectivity index (χ1v) is 9.49. The van der Waals surface area contributed by atoms with Crippen LogP contribution < -0.4 is 4.74 Å². The summed E-state index contributed by atoms with van der Waals surface area (Å²) in [7, 11) is 1.58. The van der Waals surface area contributed by atoms with E-state index in [0.717, 1.165) is 28.6 Å². The molecule has 28 heavy (non-hydrogen) atoms. The molecule has 1 aliphatic heterocycles. The first kappa shape index (κ1) is 19.7. The molecule has 0 atom stereocenters. The van der Waals surface area contributed by atoms with Gasteiger partial charge in [0.25, 0.3) is 11.1 Å². The number of amides is 2. The van der Waals surface area contributed by atoms with E-state index in [-0.39, 0.29) is 17.7 Å². The second-order valence-corrected chi connectivity index (χ2v) is 6.95. The highest BCUT2D eigenvalue weighted by Gasteiger charge is 2.34. The number of rotatable bonds is 6. The summed E-state index contributed by atoms with van der Waals surface area (Å²) in [5, 5.41) is -0.320. The molecule has 0 unspecified atom stereocenters. The summed E-state index contributed by atoms with van der Waals surface area (Å²) >= 11 is 0.914. The van der Waals surface area contributed by atoms with Crippen LogP contribution in [0.4, 0.5) is 4.79 Å². The van der Waals surface area contributed by atoms with Crippen molar-refractivity contribution < 1.29 is 23.9 Å². The molecule has 2 amide bonds. The Bertz CT molecular complexity index is 919. The van der Waals surface area contributed by atoms with Crippen LogP contribution in [0.15, 0.2) is 53.4 Å². The van der Waals surface area contributed by atoms with Crippen molar-refractivity contribution >= 4 is 35.0 Å². The van der Waals surface area contributed by atoms with Gasteiger partial charge in [-0.1, -0.05) is 24.3 Å². The van der Waals surface area contributed by atoms with Gasteiger partial charge in [-0.3, -0.25) is 14.5 Å². The zero-order valence-corrected chi connectivity index (χ0v) is 16.3. The van der Waals surface area contributed by atoms with Gasteiger partial charge in [-0.25, -0.2) is 4.79 Å². The first-order valence-electron chi connectivity index (χ1n) is 8.67. The molecule has 1 saturated heterocycles. The molecule has 2 aromatic carbocycles. The number of thioether (sulfide) groups is 1. The standard InChI is InChI=1S/C21H19NO5S/c1-3-27-20(24)16-8-4-15(5-9-16)13-22-19(23)18(28-21(22)25)12-14-6-10-17(26-2)11-7-14/h4-12H,3,13H2,1-2H3/b18-12+. The van der Waals surface area contributed by atoms with E-state index < -0.39 is 5.97 Å². The van der Waals surface area contributed by atoms with Gasteiger partial charge in [-0.2, -0.15) is 0 Å². The molecule has 0 radical (unpaired) electrons. The monoisotopic (exact) mass is 397 g/mol. The van der Waals surface area contributed by atoms with Gasteiger partial charge in [-0.05, 0) is 60.2 Å². The van der Waals surface area contributed by atoms with Crippen LogP contribution in [0.25, 0.3) is 6.08 Å². The summed E-state index contributed by atoms with van der Waals surface area (Å²) in [6.45, 7) is 2.19. The molecular formula is C21H19NO5S. The number of imide groups is 1. The predicted octanol–water partition coefficient (Wildman–Crippen LogP) is 4.11. The lowest BCUT2D eigenvalue weighted by atomic mass is 10.1. The zero-order valence-electron chi connectivity index (χ0n) is 15.5. The summed E-state index contributed by atoms with van der Waals surface area (Å²) in [4.78, 5) is 38.2. The summed E-state index contributed by atoms with van der Waals surface area (Å²) in [6, 6.07) is 13.9. The highest BCUT2D eigenvalue weighted by molar-refractivity contribution is 8.18. The number of carbonyl (C=O) groups is 3. The molecular weight excluding hydrogens is 378 g/mol. The quantitative estimate of drug-likeness (QED) is 0.540. The lowest BCUT2D eigenvalue weighted by Gasteiger charge is -2.12. The Morgan fingerprint density at radius 1 is 1.07 bits per heavy atom. The maximum atomic E-state index is 12.6. The lowest BCUT2D eigenvalue weighted by Crippen LogP contribution is -2.27. The number of esters is 1. The second-order valence-electron chi connectivity index (χ2n) is 5.96. The van der Waals surface area contributed by atoms with E-state index in [1.54, 1.807) is 56.5 Å². The second kappa shape index (κ2) is 8.75. The fourth-order valence-corrected chi connectivity index (χ4v) is 3.47. The average Bonchev–Trinajstić information content (AvgIpc) is 2.96. The Balaban J connectivity index is 1.71. The number of methoxy groups -OCH3 is 1. The molecule has 0 spiro atoms. The number of hydrogen-bond donors (Lipinski definition) is 0. The van der Waals surface area contributed by atoms with Crippen LogP contribution in [-0.2, 0) is 16.1 Å². The zero-order chi connectivity index (χ0) is 20.1. The van der Waals surface area contributed by atoms with Crippen molar-refractivity contribution in [1.82, 2.24) is 4.90 Å². The van der Waals surface area contributed by atoms with E-state index in [1.165, 1.54) is 4.90 Å². The van der Waals surface area contributed by atoms with Crippen LogP contribution in [-0.4, -0.2) is 35.7 Å². The predicted molar refractivity (Wildman–Crippen MR) is 107 cm³/mol. The van der Waals surface area contributed by atoms with Crippen molar-refractivity contribution in [2.75, 3.05) is 13.7 Å². The average molecular weight is 397 g/mol. The van der Waals surface area contributed by atoms with Crippen LogP contribution in [0, 0.1) is 0 Å². The lowest BCUT2D eigenvalue weighted by molar-refractivity contribution is -0.123.